The number of sulfonamides is 1. The van der Waals surface area contributed by atoms with Crippen molar-refractivity contribution in [2.75, 3.05) is 13.6 Å². The second-order valence-electron chi connectivity index (χ2n) is 5.53. The fourth-order valence-electron chi connectivity index (χ4n) is 2.57. The first-order chi connectivity index (χ1) is 12.0. The molecule has 1 unspecified atom stereocenters. The highest BCUT2D eigenvalue weighted by atomic mass is 32.2. The number of hydrogen-bond donors (Lipinski definition) is 1. The molecule has 7 heteroatoms. The SMILES string of the molecule is CN(C(CN)c1ccccc1)S(=O)(=O)c1cnc(-c2ccccc2)o1. The van der Waals surface area contributed by atoms with Crippen LogP contribution in [-0.4, -0.2) is 31.3 Å². The standard InChI is InChI=1S/C18H19N3O3S/c1-21(16(12-19)14-8-4-2-5-9-14)25(22,23)17-13-20-18(24-17)15-10-6-3-7-11-15/h2-11,13,16H,12,19H2,1H3. The summed E-state index contributed by atoms with van der Waals surface area (Å²) in [5.74, 6) is 0.261. The minimum atomic E-state index is -3.86. The summed E-state index contributed by atoms with van der Waals surface area (Å²) >= 11 is 0. The first kappa shape index (κ1) is 17.3. The molecule has 1 atom stereocenters. The van der Waals surface area contributed by atoms with Crippen LogP contribution in [0.2, 0.25) is 0 Å². The number of likely N-dealkylation sites (N-methyl/N-ethyl adjacent to an activating group) is 1. The largest absolute Gasteiger partial charge is 0.423 e. The Morgan fingerprint density at radius 3 is 2.28 bits per heavy atom. The van der Waals surface area contributed by atoms with Crippen LogP contribution in [0.25, 0.3) is 11.5 Å². The second kappa shape index (κ2) is 7.18. The molecule has 0 saturated heterocycles. The van der Waals surface area contributed by atoms with Crippen molar-refractivity contribution in [3.05, 3.63) is 72.4 Å². The third-order valence-corrected chi connectivity index (χ3v) is 5.70. The molecule has 3 rings (SSSR count). The predicted octanol–water partition coefficient (Wildman–Crippen LogP) is 2.66. The van der Waals surface area contributed by atoms with Gasteiger partial charge in [-0.3, -0.25) is 0 Å². The van der Waals surface area contributed by atoms with E-state index in [1.165, 1.54) is 17.5 Å². The van der Waals surface area contributed by atoms with E-state index in [2.05, 4.69) is 4.98 Å². The van der Waals surface area contributed by atoms with Crippen LogP contribution >= 0.6 is 0 Å². The van der Waals surface area contributed by atoms with Crippen LogP contribution in [0.5, 0.6) is 0 Å². The van der Waals surface area contributed by atoms with Crippen molar-refractivity contribution in [3.8, 4) is 11.5 Å². The van der Waals surface area contributed by atoms with Gasteiger partial charge in [0.1, 0.15) is 0 Å². The van der Waals surface area contributed by atoms with Crippen molar-refractivity contribution in [2.45, 2.75) is 11.1 Å². The van der Waals surface area contributed by atoms with E-state index in [0.29, 0.717) is 5.56 Å². The topological polar surface area (TPSA) is 89.4 Å². The molecule has 0 aliphatic rings. The number of aromatic nitrogens is 1. The van der Waals surface area contributed by atoms with Gasteiger partial charge < -0.3 is 10.2 Å². The highest BCUT2D eigenvalue weighted by Gasteiger charge is 2.31. The molecule has 0 aliphatic carbocycles. The summed E-state index contributed by atoms with van der Waals surface area (Å²) in [5, 5.41) is -0.205. The van der Waals surface area contributed by atoms with E-state index < -0.39 is 16.1 Å². The van der Waals surface area contributed by atoms with Crippen molar-refractivity contribution in [3.63, 3.8) is 0 Å². The van der Waals surface area contributed by atoms with Gasteiger partial charge in [0, 0.05) is 19.2 Å². The Bertz CT molecular complexity index is 924. The van der Waals surface area contributed by atoms with Gasteiger partial charge in [0.25, 0.3) is 15.1 Å². The molecule has 130 valence electrons. The number of nitrogens with two attached hydrogens (primary N) is 1. The summed E-state index contributed by atoms with van der Waals surface area (Å²) in [7, 11) is -2.37. The molecule has 0 spiro atoms. The summed E-state index contributed by atoms with van der Waals surface area (Å²) in [5.41, 5.74) is 7.36. The summed E-state index contributed by atoms with van der Waals surface area (Å²) in [6, 6.07) is 17.9. The minimum Gasteiger partial charge on any atom is -0.423 e. The molecular formula is C18H19N3O3S. The van der Waals surface area contributed by atoms with Crippen LogP contribution in [0.15, 0.2) is 76.4 Å². The first-order valence-corrected chi connectivity index (χ1v) is 9.22. The highest BCUT2D eigenvalue weighted by molar-refractivity contribution is 7.89. The molecule has 2 aromatic carbocycles. The third-order valence-electron chi connectivity index (χ3n) is 3.99. The summed E-state index contributed by atoms with van der Waals surface area (Å²) in [6.45, 7) is 0.152. The maximum absolute atomic E-state index is 12.9. The Morgan fingerprint density at radius 2 is 1.68 bits per heavy atom. The molecular weight excluding hydrogens is 338 g/mol. The van der Waals surface area contributed by atoms with Crippen LogP contribution in [0.1, 0.15) is 11.6 Å². The lowest BCUT2D eigenvalue weighted by Gasteiger charge is -2.25. The average Bonchev–Trinajstić information content (AvgIpc) is 3.15. The van der Waals surface area contributed by atoms with Crippen molar-refractivity contribution in [2.24, 2.45) is 5.73 Å². The van der Waals surface area contributed by atoms with Gasteiger partial charge >= 0.3 is 0 Å². The van der Waals surface area contributed by atoms with Crippen molar-refractivity contribution in [1.29, 1.82) is 0 Å². The van der Waals surface area contributed by atoms with E-state index in [9.17, 15) is 8.42 Å². The molecule has 0 bridgehead atoms. The van der Waals surface area contributed by atoms with E-state index in [4.69, 9.17) is 10.2 Å². The normalized spacial score (nSPS) is 13.1. The zero-order chi connectivity index (χ0) is 17.9. The van der Waals surface area contributed by atoms with Gasteiger partial charge in [0.15, 0.2) is 0 Å². The van der Waals surface area contributed by atoms with Gasteiger partial charge in [-0.1, -0.05) is 48.5 Å². The number of hydrogen-bond acceptors (Lipinski definition) is 5. The lowest BCUT2D eigenvalue weighted by Crippen LogP contribution is -2.35. The predicted molar refractivity (Wildman–Crippen MR) is 95.1 cm³/mol. The smallest absolute Gasteiger partial charge is 0.278 e. The van der Waals surface area contributed by atoms with E-state index in [1.54, 1.807) is 12.1 Å². The molecule has 1 heterocycles. The lowest BCUT2D eigenvalue weighted by atomic mass is 10.1. The number of rotatable bonds is 6. The van der Waals surface area contributed by atoms with E-state index in [0.717, 1.165) is 5.56 Å². The highest BCUT2D eigenvalue weighted by Crippen LogP contribution is 2.28. The summed E-state index contributed by atoms with van der Waals surface area (Å²) in [4.78, 5) is 4.09. The molecule has 1 aromatic heterocycles. The van der Waals surface area contributed by atoms with Gasteiger partial charge in [-0.2, -0.15) is 4.31 Å². The fraction of sp³-hybridized carbons (Fsp3) is 0.167. The average molecular weight is 357 g/mol. The third kappa shape index (κ3) is 3.48. The van der Waals surface area contributed by atoms with Gasteiger partial charge in [0.2, 0.25) is 5.89 Å². The zero-order valence-corrected chi connectivity index (χ0v) is 14.6. The van der Waals surface area contributed by atoms with Gasteiger partial charge in [-0.25, -0.2) is 13.4 Å². The molecule has 0 fully saturated rings. The molecule has 0 radical (unpaired) electrons. The fourth-order valence-corrected chi connectivity index (χ4v) is 3.77. The quantitative estimate of drug-likeness (QED) is 0.732. The Balaban J connectivity index is 1.92. The molecule has 2 N–H and O–H groups in total. The number of benzene rings is 2. The maximum atomic E-state index is 12.9. The Labute approximate surface area is 147 Å². The van der Waals surface area contributed by atoms with Gasteiger partial charge in [-0.05, 0) is 17.7 Å². The van der Waals surface area contributed by atoms with E-state index in [1.807, 2.05) is 48.5 Å². The minimum absolute atomic E-state index is 0.152. The van der Waals surface area contributed by atoms with Crippen LogP contribution < -0.4 is 5.73 Å². The van der Waals surface area contributed by atoms with Crippen molar-refractivity contribution in [1.82, 2.24) is 9.29 Å². The first-order valence-electron chi connectivity index (χ1n) is 7.78. The molecule has 6 nitrogen and oxygen atoms in total. The number of nitrogens with zero attached hydrogens (tertiary/aromatic N) is 2. The van der Waals surface area contributed by atoms with Gasteiger partial charge in [0.05, 0.1) is 12.2 Å². The maximum Gasteiger partial charge on any atom is 0.278 e. The summed E-state index contributed by atoms with van der Waals surface area (Å²) in [6.07, 6.45) is 1.23. The number of oxazole rings is 1. The zero-order valence-electron chi connectivity index (χ0n) is 13.7. The van der Waals surface area contributed by atoms with Crippen LogP contribution in [0, 0.1) is 0 Å². The molecule has 25 heavy (non-hydrogen) atoms. The van der Waals surface area contributed by atoms with Crippen molar-refractivity contribution >= 4 is 10.0 Å². The Hall–Kier alpha value is -2.48. The van der Waals surface area contributed by atoms with Crippen LogP contribution in [0.3, 0.4) is 0 Å². The lowest BCUT2D eigenvalue weighted by molar-refractivity contribution is 0.360. The van der Waals surface area contributed by atoms with E-state index in [-0.39, 0.29) is 17.5 Å². The summed E-state index contributed by atoms with van der Waals surface area (Å²) < 4.78 is 32.5. The Morgan fingerprint density at radius 1 is 1.08 bits per heavy atom. The van der Waals surface area contributed by atoms with Crippen LogP contribution in [-0.2, 0) is 10.0 Å². The molecule has 0 aliphatic heterocycles. The van der Waals surface area contributed by atoms with Gasteiger partial charge in [-0.15, -0.1) is 0 Å². The second-order valence-corrected chi connectivity index (χ2v) is 7.46. The van der Waals surface area contributed by atoms with E-state index >= 15 is 0 Å². The Kier molecular flexibility index (Phi) is 4.98. The molecule has 0 amide bonds. The monoisotopic (exact) mass is 357 g/mol. The van der Waals surface area contributed by atoms with Crippen LogP contribution in [0.4, 0.5) is 0 Å². The molecule has 0 saturated carbocycles. The van der Waals surface area contributed by atoms with Crippen molar-refractivity contribution < 1.29 is 12.8 Å². The molecule has 3 aromatic rings.